The number of fused-ring (bicyclic) bond motifs is 1. The highest BCUT2D eigenvalue weighted by Gasteiger charge is 2.35. The fraction of sp³-hybridized carbons (Fsp3) is 0.333. The van der Waals surface area contributed by atoms with Crippen molar-refractivity contribution in [1.29, 1.82) is 0 Å². The van der Waals surface area contributed by atoms with Gasteiger partial charge in [-0.15, -0.1) is 13.2 Å². The van der Waals surface area contributed by atoms with Crippen LogP contribution in [0.15, 0.2) is 67.8 Å². The Balaban J connectivity index is 2.00. The SMILES string of the molecule is C=CCC[C@@H]1Nc2cc(OC)ccc2[C@H](Nc2cccc(OC)c2)[C@H]1CC=C. The van der Waals surface area contributed by atoms with Gasteiger partial charge in [0, 0.05) is 35.5 Å². The van der Waals surface area contributed by atoms with Gasteiger partial charge in [-0.2, -0.15) is 0 Å². The van der Waals surface area contributed by atoms with Crippen molar-refractivity contribution >= 4 is 11.4 Å². The Bertz CT molecular complexity index is 818. The molecule has 0 saturated carbocycles. The molecule has 1 heterocycles. The van der Waals surface area contributed by atoms with Gasteiger partial charge >= 0.3 is 0 Å². The standard InChI is InChI=1S/C24H30N2O2/c1-5-7-12-22-20(9-6-2)24(25-17-10-8-11-18(15-17)27-3)21-14-13-19(28-4)16-23(21)26-22/h5-6,8,10-11,13-16,20,22,24-26H,1-2,7,9,12H2,3-4H3/t20-,22-,24+/m0/s1. The summed E-state index contributed by atoms with van der Waals surface area (Å²) in [6, 6.07) is 14.8. The summed E-state index contributed by atoms with van der Waals surface area (Å²) in [5, 5.41) is 7.50. The summed E-state index contributed by atoms with van der Waals surface area (Å²) < 4.78 is 10.8. The Morgan fingerprint density at radius 3 is 2.54 bits per heavy atom. The third-order valence-electron chi connectivity index (χ3n) is 5.39. The molecule has 0 bridgehead atoms. The Morgan fingerprint density at radius 1 is 1.04 bits per heavy atom. The summed E-state index contributed by atoms with van der Waals surface area (Å²) in [7, 11) is 3.39. The van der Waals surface area contributed by atoms with Gasteiger partial charge in [-0.05, 0) is 43.0 Å². The first kappa shape index (κ1) is 19.9. The second-order valence-electron chi connectivity index (χ2n) is 7.11. The largest absolute Gasteiger partial charge is 0.497 e. The lowest BCUT2D eigenvalue weighted by Gasteiger charge is -2.41. The van der Waals surface area contributed by atoms with Gasteiger partial charge in [0.05, 0.1) is 20.3 Å². The van der Waals surface area contributed by atoms with Crippen LogP contribution in [-0.2, 0) is 0 Å². The Morgan fingerprint density at radius 2 is 1.82 bits per heavy atom. The average molecular weight is 379 g/mol. The fourth-order valence-corrected chi connectivity index (χ4v) is 3.98. The van der Waals surface area contributed by atoms with E-state index in [1.54, 1.807) is 14.2 Å². The molecule has 0 unspecified atom stereocenters. The van der Waals surface area contributed by atoms with E-state index in [9.17, 15) is 0 Å². The minimum atomic E-state index is 0.155. The van der Waals surface area contributed by atoms with Crippen molar-refractivity contribution in [2.75, 3.05) is 24.9 Å². The molecule has 0 amide bonds. The Hall–Kier alpha value is -2.88. The summed E-state index contributed by atoms with van der Waals surface area (Å²) >= 11 is 0. The number of anilines is 2. The number of hydrogen-bond acceptors (Lipinski definition) is 4. The van der Waals surface area contributed by atoms with Gasteiger partial charge in [-0.3, -0.25) is 0 Å². The zero-order valence-corrected chi connectivity index (χ0v) is 16.8. The first-order valence-corrected chi connectivity index (χ1v) is 9.77. The zero-order valence-electron chi connectivity index (χ0n) is 16.8. The highest BCUT2D eigenvalue weighted by molar-refractivity contribution is 5.62. The molecule has 3 atom stereocenters. The number of ether oxygens (including phenoxy) is 2. The Labute approximate surface area is 168 Å². The molecule has 1 aliphatic rings. The third kappa shape index (κ3) is 4.33. The third-order valence-corrected chi connectivity index (χ3v) is 5.39. The summed E-state index contributed by atoms with van der Waals surface area (Å²) in [6.45, 7) is 7.90. The lowest BCUT2D eigenvalue weighted by molar-refractivity contribution is 0.364. The van der Waals surface area contributed by atoms with Gasteiger partial charge in [-0.25, -0.2) is 0 Å². The zero-order chi connectivity index (χ0) is 19.9. The maximum Gasteiger partial charge on any atom is 0.120 e. The summed E-state index contributed by atoms with van der Waals surface area (Å²) in [4.78, 5) is 0. The second kappa shape index (κ2) is 9.36. The highest BCUT2D eigenvalue weighted by atomic mass is 16.5. The smallest absolute Gasteiger partial charge is 0.120 e. The van der Waals surface area contributed by atoms with Crippen LogP contribution in [0.2, 0.25) is 0 Å². The van der Waals surface area contributed by atoms with E-state index in [1.165, 1.54) is 5.56 Å². The van der Waals surface area contributed by atoms with E-state index in [0.29, 0.717) is 12.0 Å². The molecule has 4 nitrogen and oxygen atoms in total. The minimum Gasteiger partial charge on any atom is -0.497 e. The summed E-state index contributed by atoms with van der Waals surface area (Å²) in [5.74, 6) is 2.07. The molecular formula is C24H30N2O2. The molecule has 0 radical (unpaired) electrons. The van der Waals surface area contributed by atoms with Crippen LogP contribution in [0.5, 0.6) is 11.5 Å². The predicted molar refractivity (Wildman–Crippen MR) is 117 cm³/mol. The maximum atomic E-state index is 5.45. The van der Waals surface area contributed by atoms with Crippen molar-refractivity contribution < 1.29 is 9.47 Å². The highest BCUT2D eigenvalue weighted by Crippen LogP contribution is 2.43. The molecule has 2 aromatic rings. The first-order chi connectivity index (χ1) is 13.7. The fourth-order valence-electron chi connectivity index (χ4n) is 3.98. The molecular weight excluding hydrogens is 348 g/mol. The molecule has 28 heavy (non-hydrogen) atoms. The molecule has 4 heteroatoms. The molecule has 3 rings (SSSR count). The average Bonchev–Trinajstić information content (AvgIpc) is 2.73. The van der Waals surface area contributed by atoms with E-state index in [-0.39, 0.29) is 6.04 Å². The van der Waals surface area contributed by atoms with Crippen molar-refractivity contribution in [2.24, 2.45) is 5.92 Å². The molecule has 0 saturated heterocycles. The van der Waals surface area contributed by atoms with E-state index in [4.69, 9.17) is 9.47 Å². The lowest BCUT2D eigenvalue weighted by Crippen LogP contribution is -2.40. The van der Waals surface area contributed by atoms with Crippen molar-refractivity contribution in [3.05, 3.63) is 73.3 Å². The number of allylic oxidation sites excluding steroid dienone is 2. The molecule has 2 aromatic carbocycles. The van der Waals surface area contributed by atoms with Crippen LogP contribution in [0.25, 0.3) is 0 Å². The second-order valence-corrected chi connectivity index (χ2v) is 7.11. The quantitative estimate of drug-likeness (QED) is 0.540. The monoisotopic (exact) mass is 378 g/mol. The van der Waals surface area contributed by atoms with E-state index in [0.717, 1.165) is 42.1 Å². The maximum absolute atomic E-state index is 5.45. The summed E-state index contributed by atoms with van der Waals surface area (Å²) in [5.41, 5.74) is 3.41. The lowest BCUT2D eigenvalue weighted by atomic mass is 9.78. The van der Waals surface area contributed by atoms with Crippen molar-refractivity contribution in [3.8, 4) is 11.5 Å². The van der Waals surface area contributed by atoms with Crippen LogP contribution < -0.4 is 20.1 Å². The number of benzene rings is 2. The van der Waals surface area contributed by atoms with E-state index < -0.39 is 0 Å². The van der Waals surface area contributed by atoms with Crippen molar-refractivity contribution in [2.45, 2.75) is 31.3 Å². The van der Waals surface area contributed by atoms with Crippen molar-refractivity contribution in [1.82, 2.24) is 0 Å². The normalized spacial score (nSPS) is 20.4. The molecule has 2 N–H and O–H groups in total. The van der Waals surface area contributed by atoms with E-state index in [2.05, 4.69) is 42.0 Å². The van der Waals surface area contributed by atoms with Crippen LogP contribution in [-0.4, -0.2) is 20.3 Å². The molecule has 148 valence electrons. The molecule has 1 aliphatic heterocycles. The molecule has 0 spiro atoms. The van der Waals surface area contributed by atoms with E-state index in [1.807, 2.05) is 36.4 Å². The van der Waals surface area contributed by atoms with Crippen molar-refractivity contribution in [3.63, 3.8) is 0 Å². The van der Waals surface area contributed by atoms with Gasteiger partial charge in [0.1, 0.15) is 11.5 Å². The minimum absolute atomic E-state index is 0.155. The first-order valence-electron chi connectivity index (χ1n) is 9.77. The predicted octanol–water partition coefficient (Wildman–Crippen LogP) is 5.81. The molecule has 0 aliphatic carbocycles. The summed E-state index contributed by atoms with van der Waals surface area (Å²) in [6.07, 6.45) is 6.91. The topological polar surface area (TPSA) is 42.5 Å². The van der Waals surface area contributed by atoms with Crippen LogP contribution in [0.4, 0.5) is 11.4 Å². The number of rotatable bonds is 9. The molecule has 0 aromatic heterocycles. The Kier molecular flexibility index (Phi) is 6.64. The van der Waals surface area contributed by atoms with Gasteiger partial charge in [0.2, 0.25) is 0 Å². The number of methoxy groups -OCH3 is 2. The van der Waals surface area contributed by atoms with Crippen LogP contribution in [0.1, 0.15) is 30.9 Å². The van der Waals surface area contributed by atoms with Gasteiger partial charge in [0.15, 0.2) is 0 Å². The van der Waals surface area contributed by atoms with Crippen LogP contribution in [0.3, 0.4) is 0 Å². The van der Waals surface area contributed by atoms with Crippen LogP contribution >= 0.6 is 0 Å². The van der Waals surface area contributed by atoms with Gasteiger partial charge < -0.3 is 20.1 Å². The number of nitrogens with one attached hydrogen (secondary N) is 2. The van der Waals surface area contributed by atoms with Gasteiger partial charge in [-0.1, -0.05) is 24.3 Å². The van der Waals surface area contributed by atoms with Crippen LogP contribution in [0, 0.1) is 5.92 Å². The van der Waals surface area contributed by atoms with Gasteiger partial charge in [0.25, 0.3) is 0 Å². The molecule has 0 fully saturated rings. The van der Waals surface area contributed by atoms with E-state index >= 15 is 0 Å². The number of hydrogen-bond donors (Lipinski definition) is 2.